The van der Waals surface area contributed by atoms with E-state index in [4.69, 9.17) is 4.42 Å². The summed E-state index contributed by atoms with van der Waals surface area (Å²) in [5, 5.41) is 4.00. The first kappa shape index (κ1) is 17.9. The van der Waals surface area contributed by atoms with Crippen molar-refractivity contribution in [1.29, 1.82) is 0 Å². The lowest BCUT2D eigenvalue weighted by atomic mass is 10.00. The molecule has 0 saturated heterocycles. The number of benzene rings is 1. The molecule has 0 aliphatic heterocycles. The Labute approximate surface area is 152 Å². The van der Waals surface area contributed by atoms with E-state index >= 15 is 0 Å². The largest absolute Gasteiger partial charge is 0.469 e. The van der Waals surface area contributed by atoms with Crippen molar-refractivity contribution in [2.24, 2.45) is 0 Å². The van der Waals surface area contributed by atoms with Crippen molar-refractivity contribution in [1.82, 2.24) is 4.72 Å². The fourth-order valence-corrected chi connectivity index (χ4v) is 4.91. The molecule has 0 fully saturated rings. The third kappa shape index (κ3) is 3.86. The molecule has 3 aromatic rings. The van der Waals surface area contributed by atoms with Gasteiger partial charge >= 0.3 is 0 Å². The number of nitrogens with one attached hydrogen (secondary N) is 1. The predicted molar refractivity (Wildman–Crippen MR) is 101 cm³/mol. The van der Waals surface area contributed by atoms with Crippen LogP contribution in [0.2, 0.25) is 0 Å². The van der Waals surface area contributed by atoms with Crippen LogP contribution in [0.3, 0.4) is 0 Å². The number of hydrogen-bond donors (Lipinski definition) is 1. The molecule has 6 heteroatoms. The Morgan fingerprint density at radius 2 is 1.88 bits per heavy atom. The second-order valence-electron chi connectivity index (χ2n) is 6.18. The van der Waals surface area contributed by atoms with Gasteiger partial charge in [-0.2, -0.15) is 11.3 Å². The molecule has 0 spiro atoms. The minimum Gasteiger partial charge on any atom is -0.469 e. The van der Waals surface area contributed by atoms with Crippen molar-refractivity contribution >= 4 is 21.4 Å². The van der Waals surface area contributed by atoms with Crippen molar-refractivity contribution < 1.29 is 12.8 Å². The molecular weight excluding hydrogens is 354 g/mol. The van der Waals surface area contributed by atoms with Gasteiger partial charge < -0.3 is 4.42 Å². The highest BCUT2D eigenvalue weighted by Crippen LogP contribution is 2.27. The van der Waals surface area contributed by atoms with Crippen LogP contribution in [0.15, 0.2) is 56.7 Å². The van der Waals surface area contributed by atoms with Gasteiger partial charge in [-0.25, -0.2) is 13.1 Å². The van der Waals surface area contributed by atoms with Gasteiger partial charge in [0.25, 0.3) is 0 Å². The second kappa shape index (κ2) is 7.15. The molecule has 3 rings (SSSR count). The summed E-state index contributed by atoms with van der Waals surface area (Å²) in [4.78, 5) is 0.333. The lowest BCUT2D eigenvalue weighted by molar-refractivity contribution is 0.481. The molecule has 1 N–H and O–H groups in total. The molecule has 0 aliphatic carbocycles. The van der Waals surface area contributed by atoms with E-state index in [2.05, 4.69) is 4.72 Å². The van der Waals surface area contributed by atoms with Crippen LogP contribution in [0.1, 0.15) is 33.9 Å². The molecular formula is C19H21NO3S2. The van der Waals surface area contributed by atoms with Crippen LogP contribution in [-0.4, -0.2) is 15.0 Å². The summed E-state index contributed by atoms with van der Waals surface area (Å²) < 4.78 is 33.9. The van der Waals surface area contributed by atoms with Gasteiger partial charge in [0.05, 0.1) is 17.1 Å². The zero-order chi connectivity index (χ0) is 18.0. The maximum Gasteiger partial charge on any atom is 0.240 e. The third-order valence-corrected chi connectivity index (χ3v) is 6.66. The Morgan fingerprint density at radius 1 is 1.12 bits per heavy atom. The summed E-state index contributed by atoms with van der Waals surface area (Å²) in [6, 6.07) is 9.33. The monoisotopic (exact) mass is 375 g/mol. The van der Waals surface area contributed by atoms with Gasteiger partial charge in [-0.1, -0.05) is 6.07 Å². The molecule has 2 aromatic heterocycles. The molecule has 1 atom stereocenters. The molecule has 2 heterocycles. The zero-order valence-corrected chi connectivity index (χ0v) is 16.1. The van der Waals surface area contributed by atoms with E-state index < -0.39 is 10.0 Å². The number of rotatable bonds is 6. The van der Waals surface area contributed by atoms with Crippen molar-refractivity contribution in [2.45, 2.75) is 31.6 Å². The molecule has 0 amide bonds. The Morgan fingerprint density at radius 3 is 2.52 bits per heavy atom. The first-order chi connectivity index (χ1) is 11.9. The third-order valence-electron chi connectivity index (χ3n) is 4.39. The fraction of sp³-hybridized carbons (Fsp3) is 0.263. The van der Waals surface area contributed by atoms with Crippen molar-refractivity contribution in [2.75, 3.05) is 6.54 Å². The van der Waals surface area contributed by atoms with Crippen LogP contribution < -0.4 is 4.72 Å². The van der Waals surface area contributed by atoms with E-state index in [9.17, 15) is 8.42 Å². The zero-order valence-electron chi connectivity index (χ0n) is 14.4. The normalized spacial score (nSPS) is 13.1. The number of hydrogen-bond acceptors (Lipinski definition) is 4. The van der Waals surface area contributed by atoms with Gasteiger partial charge in [0.1, 0.15) is 5.76 Å². The molecule has 1 aromatic carbocycles. The number of aryl methyl sites for hydroxylation is 3. The van der Waals surface area contributed by atoms with E-state index in [-0.39, 0.29) is 12.5 Å². The van der Waals surface area contributed by atoms with Crippen LogP contribution in [0.5, 0.6) is 0 Å². The van der Waals surface area contributed by atoms with E-state index in [1.807, 2.05) is 55.8 Å². The summed E-state index contributed by atoms with van der Waals surface area (Å²) in [5.74, 6) is 0.598. The second-order valence-corrected chi connectivity index (χ2v) is 8.69. The first-order valence-corrected chi connectivity index (χ1v) is 10.4. The van der Waals surface area contributed by atoms with Gasteiger partial charge in [0.15, 0.2) is 0 Å². The average Bonchev–Trinajstić information content (AvgIpc) is 3.24. The lowest BCUT2D eigenvalue weighted by Crippen LogP contribution is -2.29. The van der Waals surface area contributed by atoms with E-state index in [1.165, 1.54) is 0 Å². The van der Waals surface area contributed by atoms with Gasteiger partial charge in [0, 0.05) is 6.54 Å². The first-order valence-electron chi connectivity index (χ1n) is 8.01. The maximum absolute atomic E-state index is 12.8. The highest BCUT2D eigenvalue weighted by Gasteiger charge is 2.23. The standard InChI is InChI=1S/C19H21NO3S2/c1-13-9-15(3)19(10-14(13)2)25(21,22)20-11-17(16-6-8-24-12-16)18-5-4-7-23-18/h4-10,12,17,20H,11H2,1-3H3. The average molecular weight is 376 g/mol. The van der Waals surface area contributed by atoms with Crippen LogP contribution in [0.25, 0.3) is 0 Å². The molecule has 1 unspecified atom stereocenters. The van der Waals surface area contributed by atoms with Gasteiger partial charge in [-0.05, 0) is 78.1 Å². The predicted octanol–water partition coefficient (Wildman–Crippen LogP) is 4.38. The van der Waals surface area contributed by atoms with Crippen LogP contribution in [-0.2, 0) is 10.0 Å². The maximum atomic E-state index is 12.8. The Hall–Kier alpha value is -1.89. The molecule has 0 aliphatic rings. The van der Waals surface area contributed by atoms with Crippen molar-refractivity contribution in [3.63, 3.8) is 0 Å². The summed E-state index contributed by atoms with van der Waals surface area (Å²) in [7, 11) is -3.60. The highest BCUT2D eigenvalue weighted by atomic mass is 32.2. The number of furan rings is 1. The summed E-state index contributed by atoms with van der Waals surface area (Å²) in [6.07, 6.45) is 1.61. The Kier molecular flexibility index (Phi) is 5.13. The van der Waals surface area contributed by atoms with Gasteiger partial charge in [0.2, 0.25) is 10.0 Å². The summed E-state index contributed by atoms with van der Waals surface area (Å²) in [5.41, 5.74) is 3.84. The van der Waals surface area contributed by atoms with E-state index in [0.29, 0.717) is 4.90 Å². The SMILES string of the molecule is Cc1cc(C)c(S(=O)(=O)NCC(c2ccsc2)c2ccco2)cc1C. The molecule has 0 bridgehead atoms. The number of sulfonamides is 1. The smallest absolute Gasteiger partial charge is 0.240 e. The molecule has 0 saturated carbocycles. The van der Waals surface area contributed by atoms with Gasteiger partial charge in [-0.3, -0.25) is 0 Å². The molecule has 132 valence electrons. The van der Waals surface area contributed by atoms with E-state index in [0.717, 1.165) is 28.0 Å². The van der Waals surface area contributed by atoms with Crippen LogP contribution in [0, 0.1) is 20.8 Å². The fourth-order valence-electron chi connectivity index (χ4n) is 2.84. The van der Waals surface area contributed by atoms with Gasteiger partial charge in [-0.15, -0.1) is 0 Å². The van der Waals surface area contributed by atoms with E-state index in [1.54, 1.807) is 23.7 Å². The summed E-state index contributed by atoms with van der Waals surface area (Å²) >= 11 is 1.58. The lowest BCUT2D eigenvalue weighted by Gasteiger charge is -2.16. The topological polar surface area (TPSA) is 59.3 Å². The molecule has 0 radical (unpaired) electrons. The molecule has 4 nitrogen and oxygen atoms in total. The summed E-state index contributed by atoms with van der Waals surface area (Å²) in [6.45, 7) is 5.98. The quantitative estimate of drug-likeness (QED) is 0.696. The van der Waals surface area contributed by atoms with Crippen molar-refractivity contribution in [3.05, 3.63) is 75.4 Å². The van der Waals surface area contributed by atoms with Crippen molar-refractivity contribution in [3.8, 4) is 0 Å². The minimum absolute atomic E-state index is 0.150. The minimum atomic E-state index is -3.60. The van der Waals surface area contributed by atoms with Crippen LogP contribution in [0.4, 0.5) is 0 Å². The number of thiophene rings is 1. The Balaban J connectivity index is 1.87. The molecule has 25 heavy (non-hydrogen) atoms. The Bertz CT molecular complexity index is 909. The highest BCUT2D eigenvalue weighted by molar-refractivity contribution is 7.89. The van der Waals surface area contributed by atoms with Crippen LogP contribution >= 0.6 is 11.3 Å².